The Labute approximate surface area is 108 Å². The zero-order valence-corrected chi connectivity index (χ0v) is 11.8. The second-order valence-electron chi connectivity index (χ2n) is 5.78. The summed E-state index contributed by atoms with van der Waals surface area (Å²) in [7, 11) is -3.22. The van der Waals surface area contributed by atoms with Crippen LogP contribution in [0.1, 0.15) is 33.6 Å². The van der Waals surface area contributed by atoms with Gasteiger partial charge in [-0.1, -0.05) is 0 Å². The normalized spacial score (nSPS) is 27.6. The maximum Gasteiger partial charge on any atom is 0.407 e. The highest BCUT2D eigenvalue weighted by Gasteiger charge is 2.37. The minimum atomic E-state index is -3.22. The van der Waals surface area contributed by atoms with E-state index >= 15 is 0 Å². The molecule has 6 nitrogen and oxygen atoms in total. The number of amides is 1. The third-order valence-corrected chi connectivity index (χ3v) is 4.43. The smallest absolute Gasteiger partial charge is 0.407 e. The molecule has 106 valence electrons. The summed E-state index contributed by atoms with van der Waals surface area (Å²) in [5.74, 6) is -0.211. The van der Waals surface area contributed by atoms with Crippen LogP contribution in [-0.2, 0) is 14.6 Å². The number of alkyl carbamates (subject to hydrolysis) is 1. The second kappa shape index (κ2) is 5.05. The SMILES string of the molecule is CC(C)(C)OC(=O)NCC1(O)CCCS(=O)(=O)C1. The van der Waals surface area contributed by atoms with Crippen molar-refractivity contribution < 1.29 is 23.1 Å². The Hall–Kier alpha value is -0.820. The molecule has 1 atom stereocenters. The molecule has 1 unspecified atom stereocenters. The summed E-state index contributed by atoms with van der Waals surface area (Å²) in [6.45, 7) is 5.08. The van der Waals surface area contributed by atoms with Crippen LogP contribution in [0.25, 0.3) is 0 Å². The second-order valence-corrected chi connectivity index (χ2v) is 7.96. The van der Waals surface area contributed by atoms with Gasteiger partial charge in [0.1, 0.15) is 5.60 Å². The Balaban J connectivity index is 2.50. The highest BCUT2D eigenvalue weighted by atomic mass is 32.2. The maximum atomic E-state index is 11.4. The van der Waals surface area contributed by atoms with Crippen molar-refractivity contribution in [1.29, 1.82) is 0 Å². The molecule has 1 saturated heterocycles. The van der Waals surface area contributed by atoms with E-state index in [0.717, 1.165) is 0 Å². The first-order valence-corrected chi connectivity index (χ1v) is 7.73. The van der Waals surface area contributed by atoms with Gasteiger partial charge >= 0.3 is 6.09 Å². The Morgan fingerprint density at radius 1 is 1.44 bits per heavy atom. The van der Waals surface area contributed by atoms with E-state index in [1.165, 1.54) is 0 Å². The lowest BCUT2D eigenvalue weighted by Gasteiger charge is -2.32. The molecule has 1 aliphatic heterocycles. The number of sulfone groups is 1. The van der Waals surface area contributed by atoms with Gasteiger partial charge < -0.3 is 15.2 Å². The van der Waals surface area contributed by atoms with Crippen LogP contribution in [0.5, 0.6) is 0 Å². The summed E-state index contributed by atoms with van der Waals surface area (Å²) >= 11 is 0. The highest BCUT2D eigenvalue weighted by Crippen LogP contribution is 2.22. The number of ether oxygens (including phenoxy) is 1. The molecule has 2 N–H and O–H groups in total. The Morgan fingerprint density at radius 2 is 2.06 bits per heavy atom. The first-order valence-electron chi connectivity index (χ1n) is 5.91. The lowest BCUT2D eigenvalue weighted by atomic mass is 10.0. The van der Waals surface area contributed by atoms with Crippen molar-refractivity contribution >= 4 is 15.9 Å². The number of carbonyl (C=O) groups excluding carboxylic acids is 1. The summed E-state index contributed by atoms with van der Waals surface area (Å²) in [5.41, 5.74) is -2.00. The van der Waals surface area contributed by atoms with E-state index in [4.69, 9.17) is 4.74 Å². The molecule has 0 radical (unpaired) electrons. The fourth-order valence-corrected chi connectivity index (χ4v) is 3.66. The monoisotopic (exact) mass is 279 g/mol. The van der Waals surface area contributed by atoms with Crippen LogP contribution in [0.15, 0.2) is 0 Å². The zero-order chi connectivity index (χ0) is 14.0. The predicted molar refractivity (Wildman–Crippen MR) is 67.1 cm³/mol. The molecule has 0 aliphatic carbocycles. The first kappa shape index (κ1) is 15.2. The number of hydrogen-bond acceptors (Lipinski definition) is 5. The lowest BCUT2D eigenvalue weighted by molar-refractivity contribution is 0.0289. The van der Waals surface area contributed by atoms with Crippen molar-refractivity contribution in [3.63, 3.8) is 0 Å². The minimum Gasteiger partial charge on any atom is -0.444 e. The molecule has 0 aromatic rings. The lowest BCUT2D eigenvalue weighted by Crippen LogP contribution is -2.51. The van der Waals surface area contributed by atoms with Gasteiger partial charge in [0.25, 0.3) is 0 Å². The molecular formula is C11H21NO5S. The highest BCUT2D eigenvalue weighted by molar-refractivity contribution is 7.91. The van der Waals surface area contributed by atoms with Gasteiger partial charge in [0.05, 0.1) is 23.7 Å². The third kappa shape index (κ3) is 5.22. The van der Waals surface area contributed by atoms with Gasteiger partial charge in [-0.3, -0.25) is 0 Å². The average molecular weight is 279 g/mol. The van der Waals surface area contributed by atoms with Gasteiger partial charge in [0.2, 0.25) is 0 Å². The zero-order valence-electron chi connectivity index (χ0n) is 11.0. The third-order valence-electron chi connectivity index (χ3n) is 2.55. The molecule has 1 heterocycles. The van der Waals surface area contributed by atoms with Crippen molar-refractivity contribution in [2.75, 3.05) is 18.1 Å². The van der Waals surface area contributed by atoms with Gasteiger partial charge in [-0.25, -0.2) is 13.2 Å². The van der Waals surface area contributed by atoms with E-state index < -0.39 is 27.1 Å². The summed E-state index contributed by atoms with van der Waals surface area (Å²) < 4.78 is 27.9. The molecule has 1 amide bonds. The van der Waals surface area contributed by atoms with Gasteiger partial charge in [-0.2, -0.15) is 0 Å². The standard InChI is InChI=1S/C11H21NO5S/c1-10(2,3)17-9(13)12-7-11(14)5-4-6-18(15,16)8-11/h14H,4-8H2,1-3H3,(H,12,13). The Morgan fingerprint density at radius 3 is 2.56 bits per heavy atom. The van der Waals surface area contributed by atoms with Crippen LogP contribution in [0.3, 0.4) is 0 Å². The van der Waals surface area contributed by atoms with Crippen molar-refractivity contribution in [3.05, 3.63) is 0 Å². The summed E-state index contributed by atoms with van der Waals surface area (Å²) in [4.78, 5) is 11.4. The molecule has 1 rings (SSSR count). The van der Waals surface area contributed by atoms with E-state index in [1.54, 1.807) is 20.8 Å². The number of carbonyl (C=O) groups is 1. The van der Waals surface area contributed by atoms with E-state index in [1.807, 2.05) is 0 Å². The van der Waals surface area contributed by atoms with Gasteiger partial charge in [0.15, 0.2) is 9.84 Å². The minimum absolute atomic E-state index is 0.0990. The summed E-state index contributed by atoms with van der Waals surface area (Å²) in [6.07, 6.45) is 0.121. The number of aliphatic hydroxyl groups is 1. The van der Waals surface area contributed by atoms with Crippen LogP contribution in [0.2, 0.25) is 0 Å². The van der Waals surface area contributed by atoms with Crippen LogP contribution < -0.4 is 5.32 Å². The van der Waals surface area contributed by atoms with Crippen molar-refractivity contribution in [1.82, 2.24) is 5.32 Å². The topological polar surface area (TPSA) is 92.7 Å². The van der Waals surface area contributed by atoms with E-state index in [-0.39, 0.29) is 18.1 Å². The average Bonchev–Trinajstić information content (AvgIpc) is 2.10. The Kier molecular flexibility index (Phi) is 4.27. The fraction of sp³-hybridized carbons (Fsp3) is 0.909. The first-order chi connectivity index (χ1) is 8.02. The van der Waals surface area contributed by atoms with Gasteiger partial charge in [-0.05, 0) is 33.6 Å². The van der Waals surface area contributed by atoms with E-state index in [2.05, 4.69) is 5.32 Å². The molecule has 0 aromatic heterocycles. The van der Waals surface area contributed by atoms with Crippen LogP contribution in [0, 0.1) is 0 Å². The molecule has 18 heavy (non-hydrogen) atoms. The van der Waals surface area contributed by atoms with Crippen LogP contribution in [0.4, 0.5) is 4.79 Å². The van der Waals surface area contributed by atoms with Gasteiger partial charge in [-0.15, -0.1) is 0 Å². The Bertz CT molecular complexity index is 412. The summed E-state index contributed by atoms with van der Waals surface area (Å²) in [6, 6.07) is 0. The molecule has 0 aromatic carbocycles. The molecule has 1 fully saturated rings. The molecule has 1 aliphatic rings. The number of rotatable bonds is 2. The predicted octanol–water partition coefficient (Wildman–Crippen LogP) is 0.451. The molecule has 0 saturated carbocycles. The maximum absolute atomic E-state index is 11.4. The van der Waals surface area contributed by atoms with E-state index in [9.17, 15) is 18.3 Å². The number of hydrogen-bond donors (Lipinski definition) is 2. The molecular weight excluding hydrogens is 258 g/mol. The largest absolute Gasteiger partial charge is 0.444 e. The van der Waals surface area contributed by atoms with Gasteiger partial charge in [0, 0.05) is 0 Å². The van der Waals surface area contributed by atoms with Crippen molar-refractivity contribution in [2.45, 2.75) is 44.8 Å². The van der Waals surface area contributed by atoms with Crippen molar-refractivity contribution in [3.8, 4) is 0 Å². The van der Waals surface area contributed by atoms with Crippen LogP contribution in [-0.4, -0.2) is 48.9 Å². The summed E-state index contributed by atoms with van der Waals surface area (Å²) in [5, 5.41) is 12.5. The molecule has 0 bridgehead atoms. The quantitative estimate of drug-likeness (QED) is 0.765. The fourth-order valence-electron chi connectivity index (χ4n) is 1.87. The van der Waals surface area contributed by atoms with Crippen molar-refractivity contribution in [2.24, 2.45) is 0 Å². The molecule has 0 spiro atoms. The van der Waals surface area contributed by atoms with Crippen LogP contribution >= 0.6 is 0 Å². The number of nitrogens with one attached hydrogen (secondary N) is 1. The van der Waals surface area contributed by atoms with E-state index in [0.29, 0.717) is 12.8 Å². The molecule has 7 heteroatoms.